The van der Waals surface area contributed by atoms with Crippen LogP contribution in [0.5, 0.6) is 0 Å². The van der Waals surface area contributed by atoms with Crippen molar-refractivity contribution in [3.05, 3.63) is 35.6 Å². The van der Waals surface area contributed by atoms with Gasteiger partial charge in [0.2, 0.25) is 0 Å². The van der Waals surface area contributed by atoms with E-state index in [1.54, 1.807) is 32.9 Å². The standard InChI is InChI=1S/C15H22FNO4/c1-5-15(21-10-20-4,17(11(2)3)14(18)19)12-8-6-7-9-13(12)16/h6-9,11H,5,10H2,1-4H3,(H,18,19)/t15-/m0/s1. The number of carboxylic acid groups (broad SMARTS) is 1. The predicted octanol–water partition coefficient (Wildman–Crippen LogP) is 3.40. The molecule has 1 N–H and O–H groups in total. The fraction of sp³-hybridized carbons (Fsp3) is 0.533. The van der Waals surface area contributed by atoms with E-state index in [1.165, 1.54) is 19.2 Å². The number of carbonyl (C=O) groups is 1. The molecule has 0 radical (unpaired) electrons. The fourth-order valence-corrected chi connectivity index (χ4v) is 2.47. The minimum absolute atomic E-state index is 0.140. The Morgan fingerprint density at radius 3 is 2.48 bits per heavy atom. The van der Waals surface area contributed by atoms with Crippen LogP contribution in [-0.2, 0) is 15.2 Å². The Kier molecular flexibility index (Phi) is 6.11. The highest BCUT2D eigenvalue weighted by Gasteiger charge is 2.44. The number of methoxy groups -OCH3 is 1. The van der Waals surface area contributed by atoms with Crippen LogP contribution in [0.15, 0.2) is 24.3 Å². The maximum Gasteiger partial charge on any atom is 0.410 e. The van der Waals surface area contributed by atoms with Crippen molar-refractivity contribution in [2.24, 2.45) is 0 Å². The molecule has 0 aliphatic rings. The minimum Gasteiger partial charge on any atom is -0.465 e. The summed E-state index contributed by atoms with van der Waals surface area (Å²) in [7, 11) is 1.43. The molecule has 1 rings (SSSR count). The third-order valence-electron chi connectivity index (χ3n) is 3.30. The van der Waals surface area contributed by atoms with Crippen LogP contribution in [0.25, 0.3) is 0 Å². The van der Waals surface area contributed by atoms with Gasteiger partial charge >= 0.3 is 6.09 Å². The van der Waals surface area contributed by atoms with Gasteiger partial charge in [0.25, 0.3) is 0 Å². The number of halogens is 1. The zero-order valence-electron chi connectivity index (χ0n) is 12.8. The molecule has 5 nitrogen and oxygen atoms in total. The van der Waals surface area contributed by atoms with Gasteiger partial charge in [-0.2, -0.15) is 0 Å². The second-order valence-corrected chi connectivity index (χ2v) is 4.91. The molecule has 0 bridgehead atoms. The summed E-state index contributed by atoms with van der Waals surface area (Å²) in [6.07, 6.45) is -0.923. The van der Waals surface area contributed by atoms with Gasteiger partial charge in [-0.15, -0.1) is 0 Å². The molecule has 1 amide bonds. The number of rotatable bonds is 7. The van der Waals surface area contributed by atoms with E-state index >= 15 is 0 Å². The molecule has 6 heteroatoms. The van der Waals surface area contributed by atoms with Crippen LogP contribution in [-0.4, -0.2) is 36.0 Å². The number of ether oxygens (including phenoxy) is 2. The molecule has 1 aromatic rings. The number of hydrogen-bond acceptors (Lipinski definition) is 3. The lowest BCUT2D eigenvalue weighted by molar-refractivity contribution is -0.210. The van der Waals surface area contributed by atoms with E-state index in [0.717, 1.165) is 4.90 Å². The molecule has 0 aliphatic heterocycles. The van der Waals surface area contributed by atoms with Gasteiger partial charge in [0.1, 0.15) is 12.6 Å². The summed E-state index contributed by atoms with van der Waals surface area (Å²) in [6.45, 7) is 5.05. The van der Waals surface area contributed by atoms with Crippen molar-refractivity contribution >= 4 is 6.09 Å². The smallest absolute Gasteiger partial charge is 0.410 e. The van der Waals surface area contributed by atoms with Gasteiger partial charge in [-0.05, 0) is 26.3 Å². The van der Waals surface area contributed by atoms with Gasteiger partial charge in [-0.25, -0.2) is 9.18 Å². The third kappa shape index (κ3) is 3.51. The second kappa shape index (κ2) is 7.38. The first-order valence-electron chi connectivity index (χ1n) is 6.80. The summed E-state index contributed by atoms with van der Waals surface area (Å²) >= 11 is 0. The Labute approximate surface area is 124 Å². The minimum atomic E-state index is -1.43. The summed E-state index contributed by atoms with van der Waals surface area (Å²) in [5, 5.41) is 9.54. The molecule has 118 valence electrons. The predicted molar refractivity (Wildman–Crippen MR) is 76.3 cm³/mol. The van der Waals surface area contributed by atoms with Crippen LogP contribution in [0.2, 0.25) is 0 Å². The van der Waals surface area contributed by atoms with Crippen LogP contribution in [0.1, 0.15) is 32.8 Å². The molecular formula is C15H22FNO4. The lowest BCUT2D eigenvalue weighted by Gasteiger charge is -2.43. The monoisotopic (exact) mass is 299 g/mol. The van der Waals surface area contributed by atoms with Gasteiger partial charge in [-0.3, -0.25) is 4.90 Å². The van der Waals surface area contributed by atoms with Crippen molar-refractivity contribution in [1.29, 1.82) is 0 Å². The Morgan fingerprint density at radius 2 is 2.05 bits per heavy atom. The molecule has 0 unspecified atom stereocenters. The van der Waals surface area contributed by atoms with Crippen LogP contribution in [0.4, 0.5) is 9.18 Å². The highest BCUT2D eigenvalue weighted by Crippen LogP contribution is 2.37. The first kappa shape index (κ1) is 17.4. The first-order valence-corrected chi connectivity index (χ1v) is 6.80. The van der Waals surface area contributed by atoms with E-state index < -0.39 is 17.6 Å². The van der Waals surface area contributed by atoms with Crippen LogP contribution in [0.3, 0.4) is 0 Å². The average Bonchev–Trinajstić information content (AvgIpc) is 2.43. The van der Waals surface area contributed by atoms with E-state index in [0.29, 0.717) is 0 Å². The van der Waals surface area contributed by atoms with E-state index in [1.807, 2.05) is 0 Å². The Bertz CT molecular complexity index is 480. The second-order valence-electron chi connectivity index (χ2n) is 4.91. The molecule has 21 heavy (non-hydrogen) atoms. The van der Waals surface area contributed by atoms with Gasteiger partial charge in [0.05, 0.1) is 0 Å². The van der Waals surface area contributed by atoms with Crippen molar-refractivity contribution in [2.45, 2.75) is 39.0 Å². The molecule has 0 saturated heterocycles. The Balaban J connectivity index is 3.46. The van der Waals surface area contributed by atoms with Crippen LogP contribution >= 0.6 is 0 Å². The zero-order chi connectivity index (χ0) is 16.0. The van der Waals surface area contributed by atoms with Crippen molar-refractivity contribution in [1.82, 2.24) is 4.90 Å². The highest BCUT2D eigenvalue weighted by atomic mass is 19.1. The third-order valence-corrected chi connectivity index (χ3v) is 3.30. The number of nitrogens with zero attached hydrogens (tertiary/aromatic N) is 1. The molecule has 0 heterocycles. The molecule has 0 aromatic heterocycles. The van der Waals surface area contributed by atoms with Crippen molar-refractivity contribution in [3.63, 3.8) is 0 Å². The van der Waals surface area contributed by atoms with Gasteiger partial charge in [-0.1, -0.05) is 25.1 Å². The summed E-state index contributed by atoms with van der Waals surface area (Å²) in [5.74, 6) is -0.512. The van der Waals surface area contributed by atoms with Crippen LogP contribution in [0, 0.1) is 5.82 Å². The summed E-state index contributed by atoms with van der Waals surface area (Å²) in [4.78, 5) is 12.8. The van der Waals surface area contributed by atoms with E-state index in [2.05, 4.69) is 0 Å². The lowest BCUT2D eigenvalue weighted by Crippen LogP contribution is -2.54. The average molecular weight is 299 g/mol. The number of hydrogen-bond donors (Lipinski definition) is 1. The van der Waals surface area contributed by atoms with E-state index in [4.69, 9.17) is 9.47 Å². The first-order chi connectivity index (χ1) is 9.90. The Hall–Kier alpha value is -1.66. The van der Waals surface area contributed by atoms with E-state index in [-0.39, 0.29) is 24.8 Å². The topological polar surface area (TPSA) is 59.0 Å². The largest absolute Gasteiger partial charge is 0.465 e. The summed E-state index contributed by atoms with van der Waals surface area (Å²) in [6, 6.07) is 5.64. The molecule has 1 aromatic carbocycles. The summed E-state index contributed by atoms with van der Waals surface area (Å²) < 4.78 is 24.8. The number of amides is 1. The SMILES string of the molecule is CC[C@](OCOC)(c1ccccc1F)N(C(=O)O)C(C)C. The zero-order valence-corrected chi connectivity index (χ0v) is 12.8. The number of benzene rings is 1. The molecule has 0 fully saturated rings. The lowest BCUT2D eigenvalue weighted by atomic mass is 9.96. The van der Waals surface area contributed by atoms with Crippen molar-refractivity contribution < 1.29 is 23.8 Å². The molecule has 1 atom stereocenters. The molecule has 0 spiro atoms. The van der Waals surface area contributed by atoms with Gasteiger partial charge in [0.15, 0.2) is 5.72 Å². The van der Waals surface area contributed by atoms with Crippen molar-refractivity contribution in [3.8, 4) is 0 Å². The van der Waals surface area contributed by atoms with Crippen LogP contribution < -0.4 is 0 Å². The molecular weight excluding hydrogens is 277 g/mol. The highest BCUT2D eigenvalue weighted by molar-refractivity contribution is 5.66. The quantitative estimate of drug-likeness (QED) is 0.784. The van der Waals surface area contributed by atoms with Gasteiger partial charge < -0.3 is 14.6 Å². The van der Waals surface area contributed by atoms with Crippen molar-refractivity contribution in [2.75, 3.05) is 13.9 Å². The summed E-state index contributed by atoms with van der Waals surface area (Å²) in [5.41, 5.74) is -1.25. The van der Waals surface area contributed by atoms with E-state index in [9.17, 15) is 14.3 Å². The Morgan fingerprint density at radius 1 is 1.43 bits per heavy atom. The van der Waals surface area contributed by atoms with Gasteiger partial charge in [0, 0.05) is 18.7 Å². The molecule has 0 saturated carbocycles. The normalized spacial score (nSPS) is 14.0. The fourth-order valence-electron chi connectivity index (χ4n) is 2.47. The maximum atomic E-state index is 14.2. The maximum absolute atomic E-state index is 14.2. The molecule has 0 aliphatic carbocycles.